The van der Waals surface area contributed by atoms with Crippen molar-refractivity contribution < 1.29 is 4.74 Å². The molecule has 0 aromatic heterocycles. The molecule has 0 amide bonds. The molecule has 1 aromatic carbocycles. The van der Waals surface area contributed by atoms with Crippen molar-refractivity contribution in [2.24, 2.45) is 0 Å². The third-order valence-electron chi connectivity index (χ3n) is 2.08. The minimum Gasteiger partial charge on any atom is -0.497 e. The molecule has 0 heterocycles. The smallest absolute Gasteiger partial charge is 0.190 e. The van der Waals surface area contributed by atoms with Crippen LogP contribution in [-0.4, -0.2) is 10.9 Å². The molecule has 15 heavy (non-hydrogen) atoms. The summed E-state index contributed by atoms with van der Waals surface area (Å²) >= 11 is 17.0. The largest absolute Gasteiger partial charge is 0.497 e. The van der Waals surface area contributed by atoms with Gasteiger partial charge in [-0.25, -0.2) is 0 Å². The molecule has 0 bridgehead atoms. The quantitative estimate of drug-likeness (QED) is 0.735. The van der Waals surface area contributed by atoms with E-state index in [0.29, 0.717) is 6.42 Å². The molecule has 0 fully saturated rings. The van der Waals surface area contributed by atoms with Crippen LogP contribution in [0.15, 0.2) is 24.3 Å². The zero-order chi connectivity index (χ0) is 11.3. The summed E-state index contributed by atoms with van der Waals surface area (Å²) in [6, 6.07) is 7.92. The lowest BCUT2D eigenvalue weighted by Gasteiger charge is -2.10. The van der Waals surface area contributed by atoms with Gasteiger partial charge >= 0.3 is 0 Å². The Kier molecular flexibility index (Phi) is 5.04. The Labute approximate surface area is 105 Å². The van der Waals surface area contributed by atoms with Crippen LogP contribution in [0.2, 0.25) is 0 Å². The monoisotopic (exact) mass is 266 g/mol. The predicted octanol–water partition coefficient (Wildman–Crippen LogP) is 4.39. The van der Waals surface area contributed by atoms with Crippen LogP contribution in [0.4, 0.5) is 0 Å². The summed E-state index contributed by atoms with van der Waals surface area (Å²) in [5.41, 5.74) is 1.23. The Balaban J connectivity index is 2.38. The number of alkyl halides is 3. The highest BCUT2D eigenvalue weighted by atomic mass is 35.6. The first-order valence-electron chi connectivity index (χ1n) is 4.71. The Hall–Kier alpha value is -0.110. The molecule has 0 atom stereocenters. The van der Waals surface area contributed by atoms with E-state index in [0.717, 1.165) is 18.6 Å². The first-order chi connectivity index (χ1) is 7.01. The van der Waals surface area contributed by atoms with Crippen molar-refractivity contribution in [3.8, 4) is 5.75 Å². The second-order valence-electron chi connectivity index (χ2n) is 3.32. The number of benzene rings is 1. The number of hydrogen-bond acceptors (Lipinski definition) is 1. The molecule has 0 radical (unpaired) electrons. The fourth-order valence-corrected chi connectivity index (χ4v) is 1.69. The van der Waals surface area contributed by atoms with Crippen molar-refractivity contribution in [3.05, 3.63) is 29.8 Å². The Bertz CT molecular complexity index is 290. The highest BCUT2D eigenvalue weighted by molar-refractivity contribution is 6.67. The van der Waals surface area contributed by atoms with Crippen LogP contribution in [0.3, 0.4) is 0 Å². The van der Waals surface area contributed by atoms with Crippen molar-refractivity contribution >= 4 is 34.8 Å². The normalized spacial score (nSPS) is 11.5. The van der Waals surface area contributed by atoms with Gasteiger partial charge in [0.25, 0.3) is 0 Å². The Morgan fingerprint density at radius 1 is 1.13 bits per heavy atom. The molecular formula is C11H13Cl3O. The van der Waals surface area contributed by atoms with Gasteiger partial charge in [0.1, 0.15) is 5.75 Å². The van der Waals surface area contributed by atoms with Crippen molar-refractivity contribution in [1.29, 1.82) is 0 Å². The van der Waals surface area contributed by atoms with Gasteiger partial charge in [0.2, 0.25) is 0 Å². The first-order valence-corrected chi connectivity index (χ1v) is 5.84. The molecule has 0 N–H and O–H groups in total. The van der Waals surface area contributed by atoms with Crippen molar-refractivity contribution in [3.63, 3.8) is 0 Å². The van der Waals surface area contributed by atoms with E-state index in [4.69, 9.17) is 39.5 Å². The van der Waals surface area contributed by atoms with Crippen LogP contribution in [-0.2, 0) is 6.42 Å². The van der Waals surface area contributed by atoms with Gasteiger partial charge in [-0.2, -0.15) is 0 Å². The zero-order valence-electron chi connectivity index (χ0n) is 8.47. The lowest BCUT2D eigenvalue weighted by molar-refractivity contribution is 0.414. The van der Waals surface area contributed by atoms with Gasteiger partial charge in [-0.3, -0.25) is 0 Å². The fourth-order valence-electron chi connectivity index (χ4n) is 1.29. The average Bonchev–Trinajstić information content (AvgIpc) is 2.17. The van der Waals surface area contributed by atoms with Gasteiger partial charge in [0.05, 0.1) is 7.11 Å². The number of halogens is 3. The molecular weight excluding hydrogens is 254 g/mol. The van der Waals surface area contributed by atoms with Gasteiger partial charge in [0, 0.05) is 0 Å². The number of hydrogen-bond donors (Lipinski definition) is 0. The maximum atomic E-state index is 5.66. The molecule has 0 aliphatic rings. The summed E-state index contributed by atoms with van der Waals surface area (Å²) in [7, 11) is 1.65. The minimum absolute atomic E-state index is 0.573. The standard InChI is InChI=1S/C11H13Cl3O/c1-15-10-6-4-9(5-7-10)3-2-8-11(12,13)14/h4-7H,2-3,8H2,1H3. The van der Waals surface area contributed by atoms with Crippen molar-refractivity contribution in [1.82, 2.24) is 0 Å². The Morgan fingerprint density at radius 2 is 1.73 bits per heavy atom. The second-order valence-corrected chi connectivity index (χ2v) is 5.83. The van der Waals surface area contributed by atoms with Gasteiger partial charge in [-0.05, 0) is 37.0 Å². The summed E-state index contributed by atoms with van der Waals surface area (Å²) in [6.45, 7) is 0. The van der Waals surface area contributed by atoms with Crippen LogP contribution < -0.4 is 4.74 Å². The van der Waals surface area contributed by atoms with E-state index in [-0.39, 0.29) is 0 Å². The van der Waals surface area contributed by atoms with E-state index in [1.54, 1.807) is 7.11 Å². The van der Waals surface area contributed by atoms with Crippen LogP contribution in [0, 0.1) is 0 Å². The van der Waals surface area contributed by atoms with E-state index in [1.807, 2.05) is 24.3 Å². The fraction of sp³-hybridized carbons (Fsp3) is 0.455. The van der Waals surface area contributed by atoms with E-state index in [9.17, 15) is 0 Å². The van der Waals surface area contributed by atoms with Crippen LogP contribution in [0.1, 0.15) is 18.4 Å². The summed E-state index contributed by atoms with van der Waals surface area (Å²) in [6.07, 6.45) is 2.35. The van der Waals surface area contributed by atoms with E-state index in [2.05, 4.69) is 0 Å². The van der Waals surface area contributed by atoms with Gasteiger partial charge in [-0.1, -0.05) is 46.9 Å². The number of rotatable bonds is 4. The molecule has 0 unspecified atom stereocenters. The highest BCUT2D eigenvalue weighted by Crippen LogP contribution is 2.31. The maximum Gasteiger partial charge on any atom is 0.190 e. The van der Waals surface area contributed by atoms with Gasteiger partial charge in [-0.15, -0.1) is 0 Å². The number of methoxy groups -OCH3 is 1. The van der Waals surface area contributed by atoms with E-state index >= 15 is 0 Å². The Morgan fingerprint density at radius 3 is 2.20 bits per heavy atom. The predicted molar refractivity (Wildman–Crippen MR) is 66.2 cm³/mol. The SMILES string of the molecule is COc1ccc(CCCC(Cl)(Cl)Cl)cc1. The molecule has 0 saturated heterocycles. The lowest BCUT2D eigenvalue weighted by atomic mass is 10.1. The third-order valence-corrected chi connectivity index (χ3v) is 2.65. The zero-order valence-corrected chi connectivity index (χ0v) is 10.7. The maximum absolute atomic E-state index is 5.66. The van der Waals surface area contributed by atoms with Gasteiger partial charge in [0.15, 0.2) is 3.79 Å². The average molecular weight is 268 g/mol. The third kappa shape index (κ3) is 5.50. The molecule has 0 aliphatic heterocycles. The lowest BCUT2D eigenvalue weighted by Crippen LogP contribution is -2.02. The molecule has 1 aromatic rings. The molecule has 84 valence electrons. The van der Waals surface area contributed by atoms with Crippen molar-refractivity contribution in [2.75, 3.05) is 7.11 Å². The van der Waals surface area contributed by atoms with Gasteiger partial charge < -0.3 is 4.74 Å². The van der Waals surface area contributed by atoms with E-state index < -0.39 is 3.79 Å². The second kappa shape index (κ2) is 5.83. The first kappa shape index (κ1) is 13.0. The molecule has 1 nitrogen and oxygen atoms in total. The van der Waals surface area contributed by atoms with Crippen LogP contribution in [0.25, 0.3) is 0 Å². The number of aryl methyl sites for hydroxylation is 1. The molecule has 0 saturated carbocycles. The summed E-state index contributed by atoms with van der Waals surface area (Å²) < 4.78 is 3.93. The highest BCUT2D eigenvalue weighted by Gasteiger charge is 2.18. The van der Waals surface area contributed by atoms with E-state index in [1.165, 1.54) is 5.56 Å². The minimum atomic E-state index is -1.13. The molecule has 1 rings (SSSR count). The number of ether oxygens (including phenoxy) is 1. The molecule has 4 heteroatoms. The molecule has 0 aliphatic carbocycles. The summed E-state index contributed by atoms with van der Waals surface area (Å²) in [5.74, 6) is 0.861. The summed E-state index contributed by atoms with van der Waals surface area (Å²) in [5, 5.41) is 0. The molecule has 0 spiro atoms. The summed E-state index contributed by atoms with van der Waals surface area (Å²) in [4.78, 5) is 0. The van der Waals surface area contributed by atoms with Crippen LogP contribution in [0.5, 0.6) is 5.75 Å². The van der Waals surface area contributed by atoms with Crippen LogP contribution >= 0.6 is 34.8 Å². The van der Waals surface area contributed by atoms with Crippen molar-refractivity contribution in [2.45, 2.75) is 23.1 Å². The topological polar surface area (TPSA) is 9.23 Å².